The van der Waals surface area contributed by atoms with Gasteiger partial charge in [-0.3, -0.25) is 0 Å². The number of hydrogen-bond acceptors (Lipinski definition) is 1. The molecule has 6 heavy (non-hydrogen) atoms. The predicted molar refractivity (Wildman–Crippen MR) is 15.2 cm³/mol. The van der Waals surface area contributed by atoms with Crippen LogP contribution >= 0.6 is 0 Å². The van der Waals surface area contributed by atoms with E-state index in [2.05, 4.69) is 6.58 Å². The Kier molecular flexibility index (Phi) is 9.81. The van der Waals surface area contributed by atoms with Crippen molar-refractivity contribution in [1.29, 1.82) is 0 Å². The number of rotatable bonds is 1. The van der Waals surface area contributed by atoms with Crippen molar-refractivity contribution >= 4 is 4.00 Å². The SMILES string of the molecule is C=C[C](=O)[Au].[Au]. The van der Waals surface area contributed by atoms with Crippen molar-refractivity contribution < 1.29 is 48.2 Å². The second-order valence-electron chi connectivity index (χ2n) is 0.471. The Bertz CT molecular complexity index is 59.8. The summed E-state index contributed by atoms with van der Waals surface area (Å²) in [5, 5.41) is 0. The molecule has 0 N–H and O–H groups in total. The molecule has 43 valence electrons. The van der Waals surface area contributed by atoms with Crippen LogP contribution < -0.4 is 0 Å². The van der Waals surface area contributed by atoms with E-state index in [0.717, 1.165) is 0 Å². The van der Waals surface area contributed by atoms with Crippen molar-refractivity contribution in [2.45, 2.75) is 0 Å². The third kappa shape index (κ3) is 8.86. The summed E-state index contributed by atoms with van der Waals surface area (Å²) in [6.07, 6.45) is 1.25. The third-order valence-corrected chi connectivity index (χ3v) is 0.587. The molecule has 0 aromatic rings. The fourth-order valence-electron chi connectivity index (χ4n) is 0. The summed E-state index contributed by atoms with van der Waals surface area (Å²) in [5.41, 5.74) is 0. The van der Waals surface area contributed by atoms with E-state index in [9.17, 15) is 4.79 Å². The van der Waals surface area contributed by atoms with Crippen LogP contribution in [0.15, 0.2) is 12.7 Å². The fraction of sp³-hybridized carbons (Fsp3) is 0. The van der Waals surface area contributed by atoms with Crippen LogP contribution in [0.5, 0.6) is 0 Å². The van der Waals surface area contributed by atoms with E-state index in [1.54, 1.807) is 21.1 Å². The smallest absolute Gasteiger partial charge is 0 e. The first-order valence-electron chi connectivity index (χ1n) is 1.05. The van der Waals surface area contributed by atoms with Crippen LogP contribution in [-0.4, -0.2) is 4.00 Å². The van der Waals surface area contributed by atoms with E-state index in [1.165, 1.54) is 6.08 Å². The summed E-state index contributed by atoms with van der Waals surface area (Å²) in [6.45, 7) is 3.20. The van der Waals surface area contributed by atoms with Crippen molar-refractivity contribution in [1.82, 2.24) is 0 Å². The van der Waals surface area contributed by atoms with Gasteiger partial charge in [-0.05, 0) is 0 Å². The molecule has 0 aliphatic carbocycles. The molecule has 1 nitrogen and oxygen atoms in total. The van der Waals surface area contributed by atoms with Crippen LogP contribution in [0.1, 0.15) is 0 Å². The number of carbonyl (C=O) groups is 1. The Labute approximate surface area is 64.6 Å². The van der Waals surface area contributed by atoms with Crippen LogP contribution in [0, 0.1) is 0 Å². The zero-order chi connectivity index (χ0) is 4.28. The second kappa shape index (κ2) is 5.89. The van der Waals surface area contributed by atoms with Gasteiger partial charge in [0.25, 0.3) is 0 Å². The molecule has 0 saturated carbocycles. The molecule has 1 radical (unpaired) electrons. The molecule has 0 aliphatic rings. The zero-order valence-corrected chi connectivity index (χ0v) is 7.13. The minimum atomic E-state index is -0.0370. The molecule has 0 heterocycles. The number of carbonyl (C=O) groups excluding carboxylic acids is 1. The van der Waals surface area contributed by atoms with Crippen molar-refractivity contribution in [3.8, 4) is 0 Å². The Morgan fingerprint density at radius 1 is 1.83 bits per heavy atom. The van der Waals surface area contributed by atoms with Gasteiger partial charge in [0.2, 0.25) is 0 Å². The van der Waals surface area contributed by atoms with E-state index < -0.39 is 0 Å². The van der Waals surface area contributed by atoms with Crippen molar-refractivity contribution in [2.24, 2.45) is 0 Å². The molecule has 0 aromatic carbocycles. The number of allylic oxidation sites excluding steroid dienone is 1. The van der Waals surface area contributed by atoms with Gasteiger partial charge < -0.3 is 0 Å². The van der Waals surface area contributed by atoms with Gasteiger partial charge in [-0.1, -0.05) is 0 Å². The van der Waals surface area contributed by atoms with Gasteiger partial charge in [0.15, 0.2) is 0 Å². The molecular formula is C3H3Au2O. The monoisotopic (exact) mass is 449 g/mol. The maximum atomic E-state index is 9.67. The van der Waals surface area contributed by atoms with Crippen LogP contribution in [0.4, 0.5) is 0 Å². The average Bonchev–Trinajstić information content (AvgIpc) is 1.38. The van der Waals surface area contributed by atoms with Gasteiger partial charge in [0, 0.05) is 22.4 Å². The Morgan fingerprint density at radius 2 is 2.00 bits per heavy atom. The van der Waals surface area contributed by atoms with Crippen molar-refractivity contribution in [3.05, 3.63) is 12.7 Å². The first kappa shape index (κ1) is 10.00. The predicted octanol–water partition coefficient (Wildman–Crippen LogP) is 0.243. The maximum absolute atomic E-state index is 9.67. The topological polar surface area (TPSA) is 17.1 Å². The normalized spacial score (nSPS) is 5.67. The standard InChI is InChI=1S/C3H3O.2Au/c1-2-3-4;;/h2H,1H2;;. The summed E-state index contributed by atoms with van der Waals surface area (Å²) in [6, 6.07) is 0. The molecule has 0 aromatic heterocycles. The van der Waals surface area contributed by atoms with Gasteiger partial charge in [0.1, 0.15) is 0 Å². The Morgan fingerprint density at radius 3 is 2.00 bits per heavy atom. The van der Waals surface area contributed by atoms with Crippen LogP contribution in [0.2, 0.25) is 0 Å². The van der Waals surface area contributed by atoms with Crippen LogP contribution in [0.3, 0.4) is 0 Å². The maximum Gasteiger partial charge on any atom is 0 e. The quantitative estimate of drug-likeness (QED) is 0.415. The summed E-state index contributed by atoms with van der Waals surface area (Å²) >= 11 is 1.81. The van der Waals surface area contributed by atoms with E-state index in [1.807, 2.05) is 0 Å². The van der Waals surface area contributed by atoms with Gasteiger partial charge in [0.05, 0.1) is 0 Å². The number of hydrogen-bond donors (Lipinski definition) is 0. The molecule has 0 rings (SSSR count). The average molecular weight is 449 g/mol. The van der Waals surface area contributed by atoms with Crippen molar-refractivity contribution in [3.63, 3.8) is 0 Å². The fourth-order valence-corrected chi connectivity index (χ4v) is 0. The molecule has 3 heteroatoms. The first-order valence-corrected chi connectivity index (χ1v) is 2.14. The summed E-state index contributed by atoms with van der Waals surface area (Å²) in [7, 11) is 0. The molecule has 0 atom stereocenters. The molecular weight excluding hydrogens is 446 g/mol. The molecule has 0 spiro atoms. The molecule has 0 aliphatic heterocycles. The minimum absolute atomic E-state index is 0. The van der Waals surface area contributed by atoms with E-state index in [0.29, 0.717) is 0 Å². The summed E-state index contributed by atoms with van der Waals surface area (Å²) in [5.74, 6) is 0. The first-order chi connectivity index (χ1) is 2.27. The molecule has 0 saturated heterocycles. The van der Waals surface area contributed by atoms with Crippen molar-refractivity contribution in [2.75, 3.05) is 0 Å². The zero-order valence-electron chi connectivity index (χ0n) is 2.80. The Balaban J connectivity index is 0. The van der Waals surface area contributed by atoms with Gasteiger partial charge in [-0.25, -0.2) is 0 Å². The summed E-state index contributed by atoms with van der Waals surface area (Å²) in [4.78, 5) is 9.67. The van der Waals surface area contributed by atoms with Gasteiger partial charge in [-0.2, -0.15) is 0 Å². The minimum Gasteiger partial charge on any atom is 0 e. The third-order valence-electron chi connectivity index (χ3n) is 0.145. The molecule has 0 amide bonds. The second-order valence-corrected chi connectivity index (χ2v) is 1.54. The molecule has 0 fully saturated rings. The van der Waals surface area contributed by atoms with E-state index >= 15 is 0 Å². The van der Waals surface area contributed by atoms with Gasteiger partial charge >= 0.3 is 42.5 Å². The van der Waals surface area contributed by atoms with E-state index in [-0.39, 0.29) is 26.4 Å². The van der Waals surface area contributed by atoms with Gasteiger partial charge in [-0.15, -0.1) is 0 Å². The summed E-state index contributed by atoms with van der Waals surface area (Å²) < 4.78 is -0.0370. The van der Waals surface area contributed by atoms with Crippen LogP contribution in [0.25, 0.3) is 0 Å². The Hall–Kier alpha value is 0.891. The molecule has 0 unspecified atom stereocenters. The molecule has 0 bridgehead atoms. The van der Waals surface area contributed by atoms with Crippen LogP contribution in [-0.2, 0) is 48.2 Å². The largest absolute Gasteiger partial charge is 0 e. The van der Waals surface area contributed by atoms with E-state index in [4.69, 9.17) is 0 Å².